The number of rotatable bonds is 5. The number of aromatic nitrogens is 3. The van der Waals surface area contributed by atoms with Crippen LogP contribution < -0.4 is 10.2 Å². The predicted octanol–water partition coefficient (Wildman–Crippen LogP) is 3.44. The Morgan fingerprint density at radius 2 is 2.02 bits per heavy atom. The van der Waals surface area contributed by atoms with Crippen LogP contribution in [0.4, 0.5) is 25.3 Å². The van der Waals surface area contributed by atoms with Gasteiger partial charge in [0, 0.05) is 44.1 Å². The number of hydrogen-bond acceptors (Lipinski definition) is 7. The van der Waals surface area contributed by atoms with E-state index in [1.54, 1.807) is 28.9 Å². The SMILES string of the molecule is C[C@@]1(c2cccc(Cl)c2F)CN(c2ncccc2F)C(=O)c2cnc(NC3CN(C(=O)N4CCC[C@@H]4CO)C3)nc21. The van der Waals surface area contributed by atoms with Gasteiger partial charge in [-0.1, -0.05) is 23.7 Å². The molecule has 2 atom stereocenters. The lowest BCUT2D eigenvalue weighted by Gasteiger charge is -2.43. The first-order chi connectivity index (χ1) is 19.7. The molecular formula is C28H28ClF2N7O3. The second-order valence-corrected chi connectivity index (χ2v) is 11.2. The molecule has 41 heavy (non-hydrogen) atoms. The van der Waals surface area contributed by atoms with Crippen LogP contribution in [-0.4, -0.2) is 86.7 Å². The number of pyridine rings is 1. The van der Waals surface area contributed by atoms with Crippen molar-refractivity contribution in [2.75, 3.05) is 43.0 Å². The molecule has 3 amide bonds. The fraction of sp³-hybridized carbons (Fsp3) is 0.393. The van der Waals surface area contributed by atoms with Gasteiger partial charge in [-0.05, 0) is 38.0 Å². The molecule has 3 aromatic rings. The van der Waals surface area contributed by atoms with E-state index in [2.05, 4.69) is 20.3 Å². The van der Waals surface area contributed by atoms with Crippen molar-refractivity contribution in [3.8, 4) is 0 Å². The molecule has 2 saturated heterocycles. The van der Waals surface area contributed by atoms with Crippen molar-refractivity contribution in [2.45, 2.75) is 37.3 Å². The molecule has 0 spiro atoms. The Kier molecular flexibility index (Phi) is 6.98. The smallest absolute Gasteiger partial charge is 0.320 e. The molecule has 2 aromatic heterocycles. The summed E-state index contributed by atoms with van der Waals surface area (Å²) in [5.74, 6) is -1.88. The molecule has 214 valence electrons. The molecule has 0 radical (unpaired) electrons. The van der Waals surface area contributed by atoms with Gasteiger partial charge in [-0.3, -0.25) is 9.69 Å². The normalized spacial score (nSPS) is 22.5. The Balaban J connectivity index is 1.30. The summed E-state index contributed by atoms with van der Waals surface area (Å²) in [4.78, 5) is 44.1. The molecule has 3 aliphatic heterocycles. The van der Waals surface area contributed by atoms with Crippen molar-refractivity contribution >= 4 is 35.3 Å². The second kappa shape index (κ2) is 10.5. The molecule has 2 fully saturated rings. The molecule has 0 bridgehead atoms. The summed E-state index contributed by atoms with van der Waals surface area (Å²) >= 11 is 6.14. The number of nitrogens with one attached hydrogen (secondary N) is 1. The van der Waals surface area contributed by atoms with Crippen molar-refractivity contribution in [3.63, 3.8) is 0 Å². The highest BCUT2D eigenvalue weighted by molar-refractivity contribution is 6.30. The maximum atomic E-state index is 15.5. The standard InChI is InChI=1S/C28H28ClF2N7O3/c1-28(19-6-2-7-20(29)22(19)31)15-38(24-21(30)8-3-9-32-24)25(40)18-11-33-26(35-23(18)28)34-16-12-36(13-16)27(41)37-10-4-5-17(37)14-39/h2-3,6-9,11,16-17,39H,4-5,10,12-15H2,1H3,(H,33,34,35)/t17-,28+/m1/s1. The number of urea groups is 1. The number of carbonyl (C=O) groups excluding carboxylic acids is 2. The molecule has 2 N–H and O–H groups in total. The lowest BCUT2D eigenvalue weighted by Crippen LogP contribution is -2.61. The first-order valence-corrected chi connectivity index (χ1v) is 13.8. The summed E-state index contributed by atoms with van der Waals surface area (Å²) in [6.45, 7) is 2.97. The number of aliphatic hydroxyl groups is 1. The summed E-state index contributed by atoms with van der Waals surface area (Å²) < 4.78 is 30.2. The Morgan fingerprint density at radius 1 is 1.22 bits per heavy atom. The van der Waals surface area contributed by atoms with Gasteiger partial charge in [0.05, 0.1) is 40.4 Å². The predicted molar refractivity (Wildman–Crippen MR) is 147 cm³/mol. The van der Waals surface area contributed by atoms with E-state index in [1.807, 2.05) is 0 Å². The molecular weight excluding hydrogens is 556 g/mol. The van der Waals surface area contributed by atoms with Gasteiger partial charge >= 0.3 is 6.03 Å². The summed E-state index contributed by atoms with van der Waals surface area (Å²) in [5.41, 5.74) is -0.695. The van der Waals surface area contributed by atoms with Crippen molar-refractivity contribution in [2.24, 2.45) is 0 Å². The zero-order valence-corrected chi connectivity index (χ0v) is 23.0. The zero-order chi connectivity index (χ0) is 28.9. The number of likely N-dealkylation sites (tertiary alicyclic amines) is 2. The highest BCUT2D eigenvalue weighted by atomic mass is 35.5. The van der Waals surface area contributed by atoms with Gasteiger partial charge in [-0.25, -0.2) is 28.5 Å². The second-order valence-electron chi connectivity index (χ2n) is 10.8. The minimum Gasteiger partial charge on any atom is -0.394 e. The van der Waals surface area contributed by atoms with Crippen LogP contribution in [0, 0.1) is 11.6 Å². The minimum absolute atomic E-state index is 0.0562. The van der Waals surface area contributed by atoms with Crippen LogP contribution >= 0.6 is 11.6 Å². The van der Waals surface area contributed by atoms with E-state index in [1.165, 1.54) is 35.5 Å². The van der Waals surface area contributed by atoms with Gasteiger partial charge in [0.25, 0.3) is 5.91 Å². The Morgan fingerprint density at radius 3 is 2.78 bits per heavy atom. The van der Waals surface area contributed by atoms with Crippen LogP contribution in [-0.2, 0) is 5.41 Å². The molecule has 0 unspecified atom stereocenters. The molecule has 0 saturated carbocycles. The third kappa shape index (κ3) is 4.64. The fourth-order valence-corrected chi connectivity index (χ4v) is 6.07. The summed E-state index contributed by atoms with van der Waals surface area (Å²) in [5, 5.41) is 12.7. The van der Waals surface area contributed by atoms with Gasteiger partial charge in [-0.15, -0.1) is 0 Å². The van der Waals surface area contributed by atoms with Gasteiger partial charge in [0.15, 0.2) is 11.6 Å². The van der Waals surface area contributed by atoms with Crippen LogP contribution in [0.15, 0.2) is 42.7 Å². The van der Waals surface area contributed by atoms with E-state index in [0.29, 0.717) is 19.6 Å². The number of carbonyl (C=O) groups is 2. The molecule has 3 aliphatic rings. The minimum atomic E-state index is -1.24. The van der Waals surface area contributed by atoms with Crippen molar-refractivity contribution in [1.29, 1.82) is 0 Å². The average Bonchev–Trinajstić information content (AvgIpc) is 3.43. The maximum absolute atomic E-state index is 15.5. The van der Waals surface area contributed by atoms with Crippen molar-refractivity contribution in [1.82, 2.24) is 24.8 Å². The number of fused-ring (bicyclic) bond motifs is 1. The number of amides is 3. The van der Waals surface area contributed by atoms with Crippen molar-refractivity contribution < 1.29 is 23.5 Å². The number of hydrogen-bond donors (Lipinski definition) is 2. The molecule has 5 heterocycles. The van der Waals surface area contributed by atoms with E-state index < -0.39 is 23.0 Å². The highest BCUT2D eigenvalue weighted by Gasteiger charge is 2.46. The largest absolute Gasteiger partial charge is 0.394 e. The molecule has 10 nitrogen and oxygen atoms in total. The number of halogens is 3. The monoisotopic (exact) mass is 583 g/mol. The van der Waals surface area contributed by atoms with Crippen LogP contribution in [0.5, 0.6) is 0 Å². The summed E-state index contributed by atoms with van der Waals surface area (Å²) in [6, 6.07) is 6.82. The first-order valence-electron chi connectivity index (χ1n) is 13.4. The number of nitrogens with zero attached hydrogens (tertiary/aromatic N) is 6. The molecule has 0 aliphatic carbocycles. The first kappa shape index (κ1) is 27.3. The van der Waals surface area contributed by atoms with Crippen LogP contribution in [0.3, 0.4) is 0 Å². The molecule has 1 aromatic carbocycles. The quantitative estimate of drug-likeness (QED) is 0.473. The Hall–Kier alpha value is -3.90. The lowest BCUT2D eigenvalue weighted by atomic mass is 9.74. The molecule has 13 heteroatoms. The summed E-state index contributed by atoms with van der Waals surface area (Å²) in [6.07, 6.45) is 4.38. The van der Waals surface area contributed by atoms with Crippen LogP contribution in [0.25, 0.3) is 0 Å². The number of anilines is 2. The number of benzene rings is 1. The van der Waals surface area contributed by atoms with Gasteiger partial charge < -0.3 is 20.2 Å². The summed E-state index contributed by atoms with van der Waals surface area (Å²) in [7, 11) is 0. The number of aliphatic hydroxyl groups excluding tert-OH is 1. The maximum Gasteiger partial charge on any atom is 0.320 e. The third-order valence-electron chi connectivity index (χ3n) is 8.12. The topological polar surface area (TPSA) is 115 Å². The molecule has 6 rings (SSSR count). The lowest BCUT2D eigenvalue weighted by molar-refractivity contribution is 0.0965. The van der Waals surface area contributed by atoms with Gasteiger partial charge in [0.1, 0.15) is 5.82 Å². The van der Waals surface area contributed by atoms with Crippen LogP contribution in [0.2, 0.25) is 5.02 Å². The Labute approximate surface area is 240 Å². The van der Waals surface area contributed by atoms with Crippen molar-refractivity contribution in [3.05, 3.63) is 76.2 Å². The average molecular weight is 584 g/mol. The third-order valence-corrected chi connectivity index (χ3v) is 8.41. The zero-order valence-electron chi connectivity index (χ0n) is 22.2. The Bertz CT molecular complexity index is 1520. The van der Waals surface area contributed by atoms with E-state index in [9.17, 15) is 19.1 Å². The van der Waals surface area contributed by atoms with Gasteiger partial charge in [-0.2, -0.15) is 0 Å². The van der Waals surface area contributed by atoms with E-state index in [-0.39, 0.29) is 64.9 Å². The fourth-order valence-electron chi connectivity index (χ4n) is 5.89. The van der Waals surface area contributed by atoms with E-state index in [4.69, 9.17) is 11.6 Å². The van der Waals surface area contributed by atoms with Crippen LogP contribution in [0.1, 0.15) is 41.4 Å². The van der Waals surface area contributed by atoms with E-state index in [0.717, 1.165) is 12.8 Å². The van der Waals surface area contributed by atoms with Gasteiger partial charge in [0.2, 0.25) is 5.95 Å². The highest BCUT2D eigenvalue weighted by Crippen LogP contribution is 2.42. The van der Waals surface area contributed by atoms with E-state index >= 15 is 4.39 Å².